The van der Waals surface area contributed by atoms with Crippen molar-refractivity contribution in [2.75, 3.05) is 11.9 Å². The molecule has 176 valence electrons. The van der Waals surface area contributed by atoms with Gasteiger partial charge in [0.1, 0.15) is 11.6 Å². The summed E-state index contributed by atoms with van der Waals surface area (Å²) in [6.45, 7) is 4.56. The summed E-state index contributed by atoms with van der Waals surface area (Å²) >= 11 is 0. The highest BCUT2D eigenvalue weighted by Crippen LogP contribution is 2.61. The first-order valence-electron chi connectivity index (χ1n) is 12.4. The van der Waals surface area contributed by atoms with E-state index in [1.165, 1.54) is 38.5 Å². The number of hydrogen-bond acceptors (Lipinski definition) is 5. The van der Waals surface area contributed by atoms with E-state index in [0.29, 0.717) is 12.3 Å². The van der Waals surface area contributed by atoms with E-state index in [9.17, 15) is 14.9 Å². The van der Waals surface area contributed by atoms with Gasteiger partial charge in [-0.3, -0.25) is 4.79 Å². The van der Waals surface area contributed by atoms with Gasteiger partial charge < -0.3 is 15.4 Å². The van der Waals surface area contributed by atoms with Crippen LogP contribution in [0.5, 0.6) is 0 Å². The van der Waals surface area contributed by atoms with E-state index in [-0.39, 0.29) is 22.6 Å². The third-order valence-corrected chi connectivity index (χ3v) is 7.97. The Morgan fingerprint density at radius 3 is 2.42 bits per heavy atom. The number of anilines is 1. The maximum absolute atomic E-state index is 12.8. The maximum Gasteiger partial charge on any atom is 0.340 e. The van der Waals surface area contributed by atoms with Crippen LogP contribution in [-0.2, 0) is 9.53 Å². The first kappa shape index (κ1) is 23.4. The van der Waals surface area contributed by atoms with Gasteiger partial charge in [-0.15, -0.1) is 0 Å². The van der Waals surface area contributed by atoms with Crippen LogP contribution >= 0.6 is 0 Å². The zero-order chi connectivity index (χ0) is 23.4. The van der Waals surface area contributed by atoms with E-state index in [0.717, 1.165) is 30.6 Å². The molecule has 6 heteroatoms. The molecule has 0 radical (unpaired) electrons. The number of hydrogen-bond donors (Lipinski definition) is 2. The second-order valence-electron chi connectivity index (χ2n) is 10.3. The Morgan fingerprint density at radius 1 is 1.18 bits per heavy atom. The molecular formula is C27H35N3O3. The van der Waals surface area contributed by atoms with Gasteiger partial charge in [-0.1, -0.05) is 25.5 Å². The molecule has 4 fully saturated rings. The molecule has 0 heterocycles. The van der Waals surface area contributed by atoms with Gasteiger partial charge in [0.15, 0.2) is 0 Å². The highest BCUT2D eigenvalue weighted by atomic mass is 16.5. The second-order valence-corrected chi connectivity index (χ2v) is 10.3. The maximum atomic E-state index is 12.8. The summed E-state index contributed by atoms with van der Waals surface area (Å²) in [6.07, 6.45) is 11.2. The number of para-hydroxylation sites is 1. The van der Waals surface area contributed by atoms with Crippen molar-refractivity contribution in [1.82, 2.24) is 5.32 Å². The molecule has 0 aromatic heterocycles. The van der Waals surface area contributed by atoms with Crippen LogP contribution in [-0.4, -0.2) is 24.5 Å². The number of amides is 1. The summed E-state index contributed by atoms with van der Waals surface area (Å²) in [5, 5.41) is 15.7. The van der Waals surface area contributed by atoms with Crippen LogP contribution in [0.3, 0.4) is 0 Å². The number of carbonyl (C=O) groups is 2. The van der Waals surface area contributed by atoms with Crippen molar-refractivity contribution in [1.29, 1.82) is 5.26 Å². The minimum absolute atomic E-state index is 0.000678. The number of ether oxygens (including phenoxy) is 1. The lowest BCUT2D eigenvalue weighted by Gasteiger charge is -2.59. The molecule has 4 aliphatic carbocycles. The quantitative estimate of drug-likeness (QED) is 0.234. The molecule has 1 unspecified atom stereocenters. The van der Waals surface area contributed by atoms with E-state index in [2.05, 4.69) is 17.6 Å². The van der Waals surface area contributed by atoms with Gasteiger partial charge in [0.25, 0.3) is 5.91 Å². The highest BCUT2D eigenvalue weighted by Gasteiger charge is 2.53. The van der Waals surface area contributed by atoms with Crippen molar-refractivity contribution in [3.05, 3.63) is 41.6 Å². The molecule has 2 N–H and O–H groups in total. The van der Waals surface area contributed by atoms with Crippen molar-refractivity contribution in [2.45, 2.75) is 71.3 Å². The molecule has 0 spiro atoms. The molecule has 1 amide bonds. The number of nitrogens with zero attached hydrogens (tertiary/aromatic N) is 1. The molecule has 1 aromatic rings. The van der Waals surface area contributed by atoms with Crippen LogP contribution in [0.2, 0.25) is 0 Å². The third-order valence-electron chi connectivity index (χ3n) is 7.97. The Morgan fingerprint density at radius 2 is 1.82 bits per heavy atom. The second kappa shape index (κ2) is 9.99. The van der Waals surface area contributed by atoms with E-state index >= 15 is 0 Å². The van der Waals surface area contributed by atoms with E-state index < -0.39 is 11.9 Å². The SMILES string of the molecule is CCCCOC(=O)c1ccccc1NC(=O)/C(C#N)=C\NC(C)C12CC3CC(CC(C3)C1)C2. The number of benzene rings is 1. The van der Waals surface area contributed by atoms with Crippen LogP contribution < -0.4 is 10.6 Å². The van der Waals surface area contributed by atoms with Gasteiger partial charge in [0.2, 0.25) is 0 Å². The van der Waals surface area contributed by atoms with Gasteiger partial charge in [-0.25, -0.2) is 4.79 Å². The van der Waals surface area contributed by atoms with Gasteiger partial charge in [-0.2, -0.15) is 5.26 Å². The first-order valence-corrected chi connectivity index (χ1v) is 12.4. The zero-order valence-electron chi connectivity index (χ0n) is 19.7. The van der Waals surface area contributed by atoms with Gasteiger partial charge in [0.05, 0.1) is 17.9 Å². The Hall–Kier alpha value is -2.81. The molecule has 33 heavy (non-hydrogen) atoms. The number of carbonyl (C=O) groups excluding carboxylic acids is 2. The van der Waals surface area contributed by atoms with E-state index in [4.69, 9.17) is 4.74 Å². The topological polar surface area (TPSA) is 91.2 Å². The van der Waals surface area contributed by atoms with Crippen molar-refractivity contribution in [3.63, 3.8) is 0 Å². The fraction of sp³-hybridized carbons (Fsp3) is 0.593. The first-order chi connectivity index (χ1) is 15.9. The Balaban J connectivity index is 1.41. The fourth-order valence-electron chi connectivity index (χ4n) is 6.59. The molecule has 4 saturated carbocycles. The number of nitriles is 1. The number of rotatable bonds is 9. The monoisotopic (exact) mass is 449 g/mol. The molecule has 4 aliphatic rings. The zero-order valence-corrected chi connectivity index (χ0v) is 19.7. The smallest absolute Gasteiger partial charge is 0.340 e. The third kappa shape index (κ3) is 5.08. The summed E-state index contributed by atoms with van der Waals surface area (Å²) in [7, 11) is 0. The molecule has 4 bridgehead atoms. The van der Waals surface area contributed by atoms with Gasteiger partial charge >= 0.3 is 5.97 Å². The molecule has 0 saturated heterocycles. The average Bonchev–Trinajstić information content (AvgIpc) is 2.79. The molecule has 6 nitrogen and oxygen atoms in total. The van der Waals surface area contributed by atoms with Gasteiger partial charge in [-0.05, 0) is 87.2 Å². The summed E-state index contributed by atoms with van der Waals surface area (Å²) in [4.78, 5) is 25.3. The van der Waals surface area contributed by atoms with Crippen LogP contribution in [0.4, 0.5) is 5.69 Å². The van der Waals surface area contributed by atoms with E-state index in [1.54, 1.807) is 30.5 Å². The van der Waals surface area contributed by atoms with Crippen LogP contribution in [0.25, 0.3) is 0 Å². The molecule has 1 atom stereocenters. The lowest BCUT2D eigenvalue weighted by molar-refractivity contribution is -0.112. The standard InChI is InChI=1S/C27H35N3O3/c1-3-4-9-33-26(32)23-7-5-6-8-24(23)30-25(31)22(16-28)17-29-18(2)27-13-19-10-20(14-27)12-21(11-19)15-27/h5-8,17-21,29H,3-4,9-15H2,1-2H3,(H,30,31)/b22-17-. The summed E-state index contributed by atoms with van der Waals surface area (Å²) in [5.41, 5.74) is 0.908. The summed E-state index contributed by atoms with van der Waals surface area (Å²) in [5.74, 6) is 1.53. The van der Waals surface area contributed by atoms with Crippen molar-refractivity contribution < 1.29 is 14.3 Å². The van der Waals surface area contributed by atoms with Crippen LogP contribution in [0.15, 0.2) is 36.0 Å². The van der Waals surface area contributed by atoms with Crippen molar-refractivity contribution >= 4 is 17.6 Å². The Bertz CT molecular complexity index is 926. The summed E-state index contributed by atoms with van der Waals surface area (Å²) in [6, 6.07) is 8.95. The normalized spacial score (nSPS) is 28.6. The van der Waals surface area contributed by atoms with Gasteiger partial charge in [0, 0.05) is 12.2 Å². The summed E-state index contributed by atoms with van der Waals surface area (Å²) < 4.78 is 5.29. The van der Waals surface area contributed by atoms with Crippen LogP contribution in [0.1, 0.15) is 75.6 Å². The Kier molecular flexibility index (Phi) is 7.07. The fourth-order valence-corrected chi connectivity index (χ4v) is 6.59. The lowest BCUT2D eigenvalue weighted by Crippen LogP contribution is -2.54. The number of nitrogens with one attached hydrogen (secondary N) is 2. The number of esters is 1. The van der Waals surface area contributed by atoms with E-state index in [1.807, 2.05) is 13.0 Å². The predicted octanol–water partition coefficient (Wildman–Crippen LogP) is 5.18. The molecule has 1 aromatic carbocycles. The molecule has 5 rings (SSSR count). The Labute approximate surface area is 196 Å². The molecular weight excluding hydrogens is 414 g/mol. The van der Waals surface area contributed by atoms with Crippen molar-refractivity contribution in [2.24, 2.45) is 23.2 Å². The minimum Gasteiger partial charge on any atom is -0.462 e. The molecule has 0 aliphatic heterocycles. The lowest BCUT2D eigenvalue weighted by atomic mass is 9.48. The largest absolute Gasteiger partial charge is 0.462 e. The van der Waals surface area contributed by atoms with Crippen LogP contribution in [0, 0.1) is 34.5 Å². The van der Waals surface area contributed by atoms with Crippen molar-refractivity contribution in [3.8, 4) is 6.07 Å². The highest BCUT2D eigenvalue weighted by molar-refractivity contribution is 6.09. The average molecular weight is 450 g/mol. The minimum atomic E-state index is -0.531. The predicted molar refractivity (Wildman–Crippen MR) is 127 cm³/mol. The number of unbranched alkanes of at least 4 members (excludes halogenated alkanes) is 1.